The van der Waals surface area contributed by atoms with E-state index in [2.05, 4.69) is 10.4 Å². The highest BCUT2D eigenvalue weighted by molar-refractivity contribution is 7.90. The molecule has 1 aliphatic heterocycles. The smallest absolute Gasteiger partial charge is 0.263 e. The number of hydrogen-bond donors (Lipinski definition) is 1. The minimum Gasteiger partial charge on any atom is -0.482 e. The summed E-state index contributed by atoms with van der Waals surface area (Å²) >= 11 is 17.8. The maximum absolute atomic E-state index is 12.5. The molecule has 156 valence electrons. The number of amides is 1. The van der Waals surface area contributed by atoms with Crippen molar-refractivity contribution in [1.29, 1.82) is 0 Å². The second kappa shape index (κ2) is 8.11. The minimum absolute atomic E-state index is 0.178. The number of carbonyl (C=O) groups is 1. The lowest BCUT2D eigenvalue weighted by Gasteiger charge is -2.12. The van der Waals surface area contributed by atoms with Crippen LogP contribution in [0.5, 0.6) is 5.75 Å². The van der Waals surface area contributed by atoms with E-state index in [1.165, 1.54) is 10.7 Å². The molecule has 1 aliphatic rings. The topological polar surface area (TPSA) is 90.3 Å². The van der Waals surface area contributed by atoms with Gasteiger partial charge in [-0.3, -0.25) is 4.79 Å². The van der Waals surface area contributed by atoms with E-state index in [0.717, 1.165) is 0 Å². The standard InChI is InChI=1S/C19H14Cl3N3O4S/c20-11-1-4-13(5-2-11)25-19(14-9-30(27,28)10-16(14)24-25)23-18(26)8-29-17-6-3-12(21)7-15(17)22/h1-7H,8-10H2,(H,23,26). The van der Waals surface area contributed by atoms with Crippen LogP contribution in [0.15, 0.2) is 42.5 Å². The molecule has 7 nitrogen and oxygen atoms in total. The molecule has 0 saturated carbocycles. The zero-order valence-corrected chi connectivity index (χ0v) is 18.3. The number of fused-ring (bicyclic) bond motifs is 1. The van der Waals surface area contributed by atoms with Crippen molar-refractivity contribution < 1.29 is 17.9 Å². The number of rotatable bonds is 5. The fraction of sp³-hybridized carbons (Fsp3) is 0.158. The van der Waals surface area contributed by atoms with E-state index in [0.29, 0.717) is 32.7 Å². The number of ether oxygens (including phenoxy) is 1. The van der Waals surface area contributed by atoms with Gasteiger partial charge in [-0.2, -0.15) is 5.10 Å². The van der Waals surface area contributed by atoms with Crippen molar-refractivity contribution in [1.82, 2.24) is 9.78 Å². The first-order valence-electron chi connectivity index (χ1n) is 8.67. The van der Waals surface area contributed by atoms with Crippen molar-refractivity contribution >= 4 is 56.4 Å². The van der Waals surface area contributed by atoms with Crippen LogP contribution < -0.4 is 10.1 Å². The highest BCUT2D eigenvalue weighted by atomic mass is 35.5. The lowest BCUT2D eigenvalue weighted by atomic mass is 10.2. The first-order valence-corrected chi connectivity index (χ1v) is 11.6. The van der Waals surface area contributed by atoms with Crippen molar-refractivity contribution in [2.75, 3.05) is 11.9 Å². The van der Waals surface area contributed by atoms with Gasteiger partial charge < -0.3 is 10.1 Å². The van der Waals surface area contributed by atoms with E-state index in [9.17, 15) is 13.2 Å². The second-order valence-electron chi connectivity index (χ2n) is 6.61. The Morgan fingerprint density at radius 2 is 1.77 bits per heavy atom. The van der Waals surface area contributed by atoms with Gasteiger partial charge in [-0.25, -0.2) is 13.1 Å². The van der Waals surface area contributed by atoms with Gasteiger partial charge in [0.25, 0.3) is 5.91 Å². The molecule has 1 amide bonds. The van der Waals surface area contributed by atoms with Crippen LogP contribution in [0.3, 0.4) is 0 Å². The van der Waals surface area contributed by atoms with E-state index in [1.54, 1.807) is 36.4 Å². The summed E-state index contributed by atoms with van der Waals surface area (Å²) in [7, 11) is -3.30. The lowest BCUT2D eigenvalue weighted by Crippen LogP contribution is -2.23. The predicted molar refractivity (Wildman–Crippen MR) is 115 cm³/mol. The van der Waals surface area contributed by atoms with Gasteiger partial charge in [0.05, 0.1) is 27.9 Å². The van der Waals surface area contributed by atoms with Crippen LogP contribution >= 0.6 is 34.8 Å². The summed E-state index contributed by atoms with van der Waals surface area (Å²) in [5.74, 6) is -0.291. The predicted octanol–water partition coefficient (Wildman–Crippen LogP) is 4.28. The van der Waals surface area contributed by atoms with Crippen molar-refractivity contribution in [3.63, 3.8) is 0 Å². The van der Waals surface area contributed by atoms with Crippen LogP contribution in [-0.2, 0) is 26.1 Å². The molecule has 4 rings (SSSR count). The molecule has 0 spiro atoms. The Labute approximate surface area is 187 Å². The molecule has 0 atom stereocenters. The summed E-state index contributed by atoms with van der Waals surface area (Å²) in [6.45, 7) is -0.339. The van der Waals surface area contributed by atoms with Gasteiger partial charge in [0.1, 0.15) is 11.6 Å². The van der Waals surface area contributed by atoms with E-state index in [4.69, 9.17) is 39.5 Å². The SMILES string of the molecule is O=C(COc1ccc(Cl)cc1Cl)Nc1c2c(nn1-c1ccc(Cl)cc1)CS(=O)(=O)C2. The van der Waals surface area contributed by atoms with Gasteiger partial charge in [0.15, 0.2) is 16.4 Å². The monoisotopic (exact) mass is 485 g/mol. The summed E-state index contributed by atoms with van der Waals surface area (Å²) in [6.07, 6.45) is 0. The van der Waals surface area contributed by atoms with Gasteiger partial charge in [0.2, 0.25) is 0 Å². The Morgan fingerprint density at radius 1 is 1.07 bits per heavy atom. The fourth-order valence-electron chi connectivity index (χ4n) is 3.04. The van der Waals surface area contributed by atoms with Crippen LogP contribution in [0, 0.1) is 0 Å². The Balaban J connectivity index is 1.59. The van der Waals surface area contributed by atoms with Crippen molar-refractivity contribution in [2.45, 2.75) is 11.5 Å². The zero-order chi connectivity index (χ0) is 21.5. The van der Waals surface area contributed by atoms with Gasteiger partial charge in [-0.05, 0) is 42.5 Å². The Morgan fingerprint density at radius 3 is 2.47 bits per heavy atom. The first kappa shape index (κ1) is 21.0. The molecule has 0 fully saturated rings. The normalized spacial score (nSPS) is 14.4. The Hall–Kier alpha value is -2.26. The first-order chi connectivity index (χ1) is 14.2. The molecular formula is C19H14Cl3N3O4S. The molecule has 0 bridgehead atoms. The Kier molecular flexibility index (Phi) is 5.67. The summed E-state index contributed by atoms with van der Waals surface area (Å²) in [5.41, 5.74) is 1.49. The number of aromatic nitrogens is 2. The average Bonchev–Trinajstić information content (AvgIpc) is 3.14. The van der Waals surface area contributed by atoms with Gasteiger partial charge >= 0.3 is 0 Å². The number of halogens is 3. The minimum atomic E-state index is -3.30. The van der Waals surface area contributed by atoms with Crippen molar-refractivity contribution in [3.05, 3.63) is 68.8 Å². The quantitative estimate of drug-likeness (QED) is 0.581. The average molecular weight is 487 g/mol. The van der Waals surface area contributed by atoms with E-state index >= 15 is 0 Å². The lowest BCUT2D eigenvalue weighted by molar-refractivity contribution is -0.118. The number of nitrogens with one attached hydrogen (secondary N) is 1. The van der Waals surface area contributed by atoms with Gasteiger partial charge in [0, 0.05) is 15.6 Å². The molecule has 0 aliphatic carbocycles. The number of anilines is 1. The third-order valence-electron chi connectivity index (χ3n) is 4.37. The van der Waals surface area contributed by atoms with Crippen LogP contribution in [0.25, 0.3) is 5.69 Å². The summed E-state index contributed by atoms with van der Waals surface area (Å²) in [4.78, 5) is 12.5. The van der Waals surface area contributed by atoms with Crippen LogP contribution in [0.4, 0.5) is 5.82 Å². The van der Waals surface area contributed by atoms with Gasteiger partial charge in [-0.15, -0.1) is 0 Å². The maximum Gasteiger partial charge on any atom is 0.263 e. The molecule has 1 N–H and O–H groups in total. The highest BCUT2D eigenvalue weighted by Gasteiger charge is 2.33. The molecule has 0 unspecified atom stereocenters. The third-order valence-corrected chi connectivity index (χ3v) is 6.59. The van der Waals surface area contributed by atoms with E-state index in [-0.39, 0.29) is 29.0 Å². The van der Waals surface area contributed by atoms with Crippen LogP contribution in [-0.4, -0.2) is 30.7 Å². The Bertz CT molecular complexity index is 1240. The molecule has 0 saturated heterocycles. The van der Waals surface area contributed by atoms with Gasteiger partial charge in [-0.1, -0.05) is 34.8 Å². The van der Waals surface area contributed by atoms with E-state index < -0.39 is 15.7 Å². The maximum atomic E-state index is 12.5. The molecule has 2 heterocycles. The van der Waals surface area contributed by atoms with Crippen LogP contribution in [0.2, 0.25) is 15.1 Å². The van der Waals surface area contributed by atoms with Crippen molar-refractivity contribution in [2.24, 2.45) is 0 Å². The van der Waals surface area contributed by atoms with Crippen molar-refractivity contribution in [3.8, 4) is 11.4 Å². The summed E-state index contributed by atoms with van der Waals surface area (Å²) in [5, 5.41) is 8.36. The fourth-order valence-corrected chi connectivity index (χ4v) is 5.13. The molecule has 2 aromatic carbocycles. The number of sulfone groups is 1. The molecule has 1 aromatic heterocycles. The molecule has 0 radical (unpaired) electrons. The molecular weight excluding hydrogens is 473 g/mol. The summed E-state index contributed by atoms with van der Waals surface area (Å²) in [6, 6.07) is 11.4. The third kappa shape index (κ3) is 4.41. The number of carbonyl (C=O) groups excluding carboxylic acids is 1. The largest absolute Gasteiger partial charge is 0.482 e. The molecule has 30 heavy (non-hydrogen) atoms. The molecule has 11 heteroatoms. The second-order valence-corrected chi connectivity index (χ2v) is 9.95. The van der Waals surface area contributed by atoms with E-state index in [1.807, 2.05) is 0 Å². The number of hydrogen-bond acceptors (Lipinski definition) is 5. The van der Waals surface area contributed by atoms with Crippen LogP contribution in [0.1, 0.15) is 11.3 Å². The zero-order valence-electron chi connectivity index (χ0n) is 15.2. The number of benzene rings is 2. The number of nitrogens with zero attached hydrogens (tertiary/aromatic N) is 2. The highest BCUT2D eigenvalue weighted by Crippen LogP contribution is 2.33. The molecule has 3 aromatic rings. The summed E-state index contributed by atoms with van der Waals surface area (Å²) < 4.78 is 31.0.